The van der Waals surface area contributed by atoms with Crippen LogP contribution in [0.15, 0.2) is 0 Å². The minimum Gasteiger partial charge on any atom is -0.395 e. The summed E-state index contributed by atoms with van der Waals surface area (Å²) in [7, 11) is -2.92. The van der Waals surface area contributed by atoms with Gasteiger partial charge in [0, 0.05) is 0 Å². The van der Waals surface area contributed by atoms with Gasteiger partial charge >= 0.3 is 0 Å². The molecule has 0 unspecified atom stereocenters. The molecule has 104 valence electrons. The molecular weight excluding hydrogens is 244 g/mol. The van der Waals surface area contributed by atoms with Gasteiger partial charge < -0.3 is 8.85 Å². The highest BCUT2D eigenvalue weighted by Gasteiger charge is 2.32. The van der Waals surface area contributed by atoms with Gasteiger partial charge in [-0.3, -0.25) is 0 Å². The third-order valence-electron chi connectivity index (χ3n) is 4.60. The second-order valence-electron chi connectivity index (χ2n) is 4.89. The lowest BCUT2D eigenvalue weighted by Gasteiger charge is -2.32. The summed E-state index contributed by atoms with van der Waals surface area (Å²) >= 11 is 0. The van der Waals surface area contributed by atoms with Crippen molar-refractivity contribution >= 4 is 16.6 Å². The van der Waals surface area contributed by atoms with E-state index < -0.39 is 16.6 Å². The van der Waals surface area contributed by atoms with E-state index in [1.807, 2.05) is 0 Å². The first-order valence-corrected chi connectivity index (χ1v) is 12.4. The van der Waals surface area contributed by atoms with E-state index in [-0.39, 0.29) is 0 Å². The molecule has 0 amide bonds. The summed E-state index contributed by atoms with van der Waals surface area (Å²) in [5.41, 5.74) is 0. The Hall–Kier alpha value is 0.354. The minimum absolute atomic E-state index is 0.559. The van der Waals surface area contributed by atoms with Crippen molar-refractivity contribution < 1.29 is 8.85 Å². The van der Waals surface area contributed by atoms with Crippen LogP contribution >= 0.6 is 0 Å². The van der Waals surface area contributed by atoms with Gasteiger partial charge in [0.25, 0.3) is 0 Å². The summed E-state index contributed by atoms with van der Waals surface area (Å²) in [6, 6.07) is 7.26. The first-order chi connectivity index (χ1) is 8.07. The molecule has 0 aliphatic carbocycles. The predicted octanol–water partition coefficient (Wildman–Crippen LogP) is 4.99. The third-order valence-corrected chi connectivity index (χ3v) is 13.8. The van der Waals surface area contributed by atoms with E-state index in [1.165, 1.54) is 36.3 Å². The van der Waals surface area contributed by atoms with Gasteiger partial charge in [0.1, 0.15) is 6.79 Å². The molecule has 17 heavy (non-hydrogen) atoms. The molecule has 0 aliphatic heterocycles. The SMILES string of the molecule is CC[Si](CC)(CC)OCO[Si](CC)(CC)CC. The molecule has 2 nitrogen and oxygen atoms in total. The lowest BCUT2D eigenvalue weighted by molar-refractivity contribution is 0.0991. The Kier molecular flexibility index (Phi) is 8.63. The van der Waals surface area contributed by atoms with E-state index in [0.29, 0.717) is 6.79 Å². The maximum atomic E-state index is 6.19. The fourth-order valence-electron chi connectivity index (χ4n) is 2.39. The normalized spacial score (nSPS) is 13.1. The van der Waals surface area contributed by atoms with Crippen LogP contribution < -0.4 is 0 Å². The molecule has 0 spiro atoms. The van der Waals surface area contributed by atoms with Crippen molar-refractivity contribution in [3.05, 3.63) is 0 Å². The van der Waals surface area contributed by atoms with Crippen LogP contribution in [0.3, 0.4) is 0 Å². The van der Waals surface area contributed by atoms with Crippen molar-refractivity contribution in [1.82, 2.24) is 0 Å². The van der Waals surface area contributed by atoms with Crippen molar-refractivity contribution in [2.45, 2.75) is 77.8 Å². The Morgan fingerprint density at radius 3 is 0.941 bits per heavy atom. The highest BCUT2D eigenvalue weighted by atomic mass is 28.4. The quantitative estimate of drug-likeness (QED) is 0.413. The van der Waals surface area contributed by atoms with Crippen molar-refractivity contribution in [2.75, 3.05) is 6.79 Å². The lowest BCUT2D eigenvalue weighted by atomic mass is 10.9. The second kappa shape index (κ2) is 8.45. The van der Waals surface area contributed by atoms with Gasteiger partial charge in [-0.05, 0) is 36.3 Å². The van der Waals surface area contributed by atoms with Gasteiger partial charge in [-0.2, -0.15) is 0 Å². The zero-order valence-corrected chi connectivity index (χ0v) is 14.8. The molecule has 0 aromatic carbocycles. The Bertz CT molecular complexity index is 153. The number of hydrogen-bond acceptors (Lipinski definition) is 2. The van der Waals surface area contributed by atoms with Crippen LogP contribution in [0, 0.1) is 0 Å². The molecule has 0 bridgehead atoms. The summed E-state index contributed by atoms with van der Waals surface area (Å²) in [6.07, 6.45) is 0. The third kappa shape index (κ3) is 4.85. The average molecular weight is 277 g/mol. The first kappa shape index (κ1) is 17.4. The minimum atomic E-state index is -1.46. The van der Waals surface area contributed by atoms with E-state index in [1.54, 1.807) is 0 Å². The van der Waals surface area contributed by atoms with Crippen LogP contribution in [0.4, 0.5) is 0 Å². The largest absolute Gasteiger partial charge is 0.395 e. The monoisotopic (exact) mass is 276 g/mol. The van der Waals surface area contributed by atoms with Crippen LogP contribution in [0.2, 0.25) is 36.3 Å². The Morgan fingerprint density at radius 2 is 0.765 bits per heavy atom. The summed E-state index contributed by atoms with van der Waals surface area (Å²) in [6.45, 7) is 14.2. The Morgan fingerprint density at radius 1 is 0.529 bits per heavy atom. The van der Waals surface area contributed by atoms with E-state index in [9.17, 15) is 0 Å². The van der Waals surface area contributed by atoms with E-state index in [4.69, 9.17) is 8.85 Å². The van der Waals surface area contributed by atoms with Gasteiger partial charge in [0.15, 0.2) is 16.6 Å². The number of rotatable bonds is 10. The molecule has 0 aliphatic rings. The fraction of sp³-hybridized carbons (Fsp3) is 1.00. The number of hydrogen-bond donors (Lipinski definition) is 0. The van der Waals surface area contributed by atoms with Gasteiger partial charge in [-0.15, -0.1) is 0 Å². The van der Waals surface area contributed by atoms with Crippen LogP contribution in [0.25, 0.3) is 0 Å². The van der Waals surface area contributed by atoms with Crippen molar-refractivity contribution in [3.8, 4) is 0 Å². The molecule has 0 radical (unpaired) electrons. The molecular formula is C13H32O2Si2. The molecule has 0 saturated heterocycles. The van der Waals surface area contributed by atoms with Gasteiger partial charge in [0.2, 0.25) is 0 Å². The maximum Gasteiger partial charge on any atom is 0.195 e. The van der Waals surface area contributed by atoms with Crippen molar-refractivity contribution in [2.24, 2.45) is 0 Å². The van der Waals surface area contributed by atoms with Gasteiger partial charge in [-0.1, -0.05) is 41.5 Å². The molecule has 0 aromatic rings. The summed E-state index contributed by atoms with van der Waals surface area (Å²) in [5.74, 6) is 0. The highest BCUT2D eigenvalue weighted by Crippen LogP contribution is 2.25. The molecule has 0 atom stereocenters. The smallest absolute Gasteiger partial charge is 0.195 e. The first-order valence-electron chi connectivity index (χ1n) is 7.35. The van der Waals surface area contributed by atoms with E-state index in [2.05, 4.69) is 41.5 Å². The van der Waals surface area contributed by atoms with Crippen molar-refractivity contribution in [1.29, 1.82) is 0 Å². The zero-order valence-electron chi connectivity index (χ0n) is 12.8. The topological polar surface area (TPSA) is 18.5 Å². The molecule has 0 N–H and O–H groups in total. The predicted molar refractivity (Wildman–Crippen MR) is 81.4 cm³/mol. The summed E-state index contributed by atoms with van der Waals surface area (Å²) in [4.78, 5) is 0. The molecule has 0 aromatic heterocycles. The molecule has 0 rings (SSSR count). The van der Waals surface area contributed by atoms with Gasteiger partial charge in [-0.25, -0.2) is 0 Å². The van der Waals surface area contributed by atoms with E-state index in [0.717, 1.165) is 0 Å². The summed E-state index contributed by atoms with van der Waals surface area (Å²) < 4.78 is 12.4. The van der Waals surface area contributed by atoms with Crippen LogP contribution in [0.1, 0.15) is 41.5 Å². The standard InChI is InChI=1S/C13H32O2Si2/c1-7-16(8-2,9-3)14-13-15-17(10-4,11-5)12-6/h7-13H2,1-6H3. The second-order valence-corrected chi connectivity index (χ2v) is 14.4. The van der Waals surface area contributed by atoms with Gasteiger partial charge in [0.05, 0.1) is 0 Å². The van der Waals surface area contributed by atoms with E-state index >= 15 is 0 Å². The van der Waals surface area contributed by atoms with Crippen molar-refractivity contribution in [3.63, 3.8) is 0 Å². The molecule has 0 heterocycles. The Balaban J connectivity index is 4.28. The lowest BCUT2D eigenvalue weighted by Crippen LogP contribution is -2.41. The zero-order chi connectivity index (χ0) is 13.4. The summed E-state index contributed by atoms with van der Waals surface area (Å²) in [5, 5.41) is 0. The molecule has 0 fully saturated rings. The van der Waals surface area contributed by atoms with Crippen LogP contribution in [0.5, 0.6) is 0 Å². The Labute approximate surface area is 110 Å². The maximum absolute atomic E-state index is 6.19. The van der Waals surface area contributed by atoms with Crippen LogP contribution in [-0.4, -0.2) is 23.4 Å². The average Bonchev–Trinajstić information content (AvgIpc) is 2.41. The van der Waals surface area contributed by atoms with Crippen LogP contribution in [-0.2, 0) is 8.85 Å². The molecule has 0 saturated carbocycles. The molecule has 4 heteroatoms. The fourth-order valence-corrected chi connectivity index (χ4v) is 7.35. The highest BCUT2D eigenvalue weighted by molar-refractivity contribution is 6.74.